The molecule has 5 nitrogen and oxygen atoms in total. The maximum atomic E-state index is 13.4. The van der Waals surface area contributed by atoms with Crippen molar-refractivity contribution in [2.45, 2.75) is 70.3 Å². The molecule has 0 heterocycles. The van der Waals surface area contributed by atoms with Crippen molar-refractivity contribution < 1.29 is 19.4 Å². The number of para-hydroxylation sites is 1. The molecule has 1 aliphatic rings. The second kappa shape index (κ2) is 13.5. The summed E-state index contributed by atoms with van der Waals surface area (Å²) in [6.07, 6.45) is 5.73. The lowest BCUT2D eigenvalue weighted by Gasteiger charge is -2.23. The number of carbonyl (C=O) groups excluding carboxylic acids is 1. The average molecular weight is 532 g/mol. The van der Waals surface area contributed by atoms with Crippen molar-refractivity contribution in [3.8, 4) is 5.75 Å². The van der Waals surface area contributed by atoms with Crippen molar-refractivity contribution in [2.24, 2.45) is 5.92 Å². The average Bonchev–Trinajstić information content (AvgIpc) is 2.91. The number of fused-ring (bicyclic) bond motifs is 1. The third-order valence-corrected chi connectivity index (χ3v) is 7.89. The van der Waals surface area contributed by atoms with Crippen molar-refractivity contribution in [1.29, 1.82) is 0 Å². The first-order chi connectivity index (χ1) is 18.4. The maximum absolute atomic E-state index is 13.4. The Morgan fingerprint density at radius 1 is 0.947 bits per heavy atom. The van der Waals surface area contributed by atoms with E-state index in [0.717, 1.165) is 65.1 Å². The zero-order valence-corrected chi connectivity index (χ0v) is 23.1. The molecule has 0 fully saturated rings. The van der Waals surface area contributed by atoms with E-state index < -0.39 is 5.97 Å². The second-order valence-electron chi connectivity index (χ2n) is 10.3. The van der Waals surface area contributed by atoms with Crippen LogP contribution in [0.25, 0.3) is 0 Å². The first-order valence-corrected chi connectivity index (χ1v) is 14.5. The molecular weight excluding hydrogens is 494 g/mol. The van der Waals surface area contributed by atoms with Gasteiger partial charge in [0.15, 0.2) is 0 Å². The summed E-state index contributed by atoms with van der Waals surface area (Å²) in [5.74, 6) is 1.28. The minimum Gasteiger partial charge on any atom is -0.489 e. The summed E-state index contributed by atoms with van der Waals surface area (Å²) in [4.78, 5) is 25.2. The molecule has 38 heavy (non-hydrogen) atoms. The molecule has 4 rings (SSSR count). The van der Waals surface area contributed by atoms with E-state index in [1.165, 1.54) is 5.56 Å². The number of aliphatic carboxylic acids is 1. The largest absolute Gasteiger partial charge is 0.489 e. The molecule has 3 aromatic rings. The van der Waals surface area contributed by atoms with Gasteiger partial charge in [-0.2, -0.15) is 0 Å². The van der Waals surface area contributed by atoms with E-state index in [2.05, 4.69) is 43.4 Å². The smallest absolute Gasteiger partial charge is 0.303 e. The summed E-state index contributed by atoms with van der Waals surface area (Å²) >= 11 is 1.57. The zero-order chi connectivity index (χ0) is 26.9. The Morgan fingerprint density at radius 2 is 1.66 bits per heavy atom. The number of hydrogen-bond acceptors (Lipinski definition) is 4. The molecule has 0 saturated heterocycles. The molecule has 200 valence electrons. The lowest BCUT2D eigenvalue weighted by Crippen LogP contribution is -2.18. The molecule has 0 radical (unpaired) electrons. The SMILES string of the molecule is CC(C)Cc1ccc(COc2ccc(C(=O)Nc3ccccc3SCCCC(=O)O)c3c2CCCC3)cc1. The van der Waals surface area contributed by atoms with Gasteiger partial charge in [-0.1, -0.05) is 50.2 Å². The Bertz CT molecular complexity index is 1250. The predicted molar refractivity (Wildman–Crippen MR) is 154 cm³/mol. The normalized spacial score (nSPS) is 12.7. The van der Waals surface area contributed by atoms with Gasteiger partial charge in [-0.25, -0.2) is 0 Å². The first kappa shape index (κ1) is 27.8. The molecule has 0 aromatic heterocycles. The maximum Gasteiger partial charge on any atom is 0.303 e. The summed E-state index contributed by atoms with van der Waals surface area (Å²) < 4.78 is 6.28. The van der Waals surface area contributed by atoms with Crippen LogP contribution in [0.5, 0.6) is 5.75 Å². The number of ether oxygens (including phenoxy) is 1. The van der Waals surface area contributed by atoms with E-state index >= 15 is 0 Å². The van der Waals surface area contributed by atoms with Gasteiger partial charge in [0.1, 0.15) is 12.4 Å². The quantitative estimate of drug-likeness (QED) is 0.186. The molecular formula is C32H37NO4S. The lowest BCUT2D eigenvalue weighted by molar-refractivity contribution is -0.137. The van der Waals surface area contributed by atoms with Crippen LogP contribution in [0.3, 0.4) is 0 Å². The van der Waals surface area contributed by atoms with Crippen LogP contribution in [0.1, 0.15) is 72.1 Å². The fourth-order valence-electron chi connectivity index (χ4n) is 4.88. The van der Waals surface area contributed by atoms with Crippen LogP contribution in [-0.2, 0) is 30.7 Å². The van der Waals surface area contributed by atoms with Gasteiger partial charge in [0.25, 0.3) is 5.91 Å². The number of carboxylic acid groups (broad SMARTS) is 1. The van der Waals surface area contributed by atoms with Gasteiger partial charge in [-0.05, 0) is 96.7 Å². The summed E-state index contributed by atoms with van der Waals surface area (Å²) in [6.45, 7) is 4.96. The molecule has 6 heteroatoms. The fraction of sp³-hybridized carbons (Fsp3) is 0.375. The molecule has 1 aliphatic carbocycles. The van der Waals surface area contributed by atoms with Crippen LogP contribution in [0.15, 0.2) is 65.6 Å². The molecule has 0 atom stereocenters. The summed E-state index contributed by atoms with van der Waals surface area (Å²) in [5, 5.41) is 12.0. The van der Waals surface area contributed by atoms with Crippen LogP contribution in [0.2, 0.25) is 0 Å². The molecule has 0 spiro atoms. The van der Waals surface area contributed by atoms with Crippen LogP contribution in [-0.4, -0.2) is 22.7 Å². The van der Waals surface area contributed by atoms with Crippen molar-refractivity contribution >= 4 is 29.3 Å². The van der Waals surface area contributed by atoms with E-state index in [9.17, 15) is 9.59 Å². The number of carbonyl (C=O) groups is 2. The van der Waals surface area contributed by atoms with Gasteiger partial charge in [-0.3, -0.25) is 9.59 Å². The lowest BCUT2D eigenvalue weighted by atomic mass is 9.87. The molecule has 0 bridgehead atoms. The molecule has 0 aliphatic heterocycles. The Kier molecular flexibility index (Phi) is 9.88. The molecule has 2 N–H and O–H groups in total. The Morgan fingerprint density at radius 3 is 2.39 bits per heavy atom. The highest BCUT2D eigenvalue weighted by molar-refractivity contribution is 7.99. The van der Waals surface area contributed by atoms with Gasteiger partial charge >= 0.3 is 5.97 Å². The van der Waals surface area contributed by atoms with E-state index in [4.69, 9.17) is 9.84 Å². The van der Waals surface area contributed by atoms with Crippen molar-refractivity contribution in [3.63, 3.8) is 0 Å². The minimum atomic E-state index is -0.788. The first-order valence-electron chi connectivity index (χ1n) is 13.5. The fourth-order valence-corrected chi connectivity index (χ4v) is 5.84. The van der Waals surface area contributed by atoms with E-state index in [1.54, 1.807) is 11.8 Å². The number of anilines is 1. The molecule has 0 unspecified atom stereocenters. The van der Waals surface area contributed by atoms with E-state index in [1.807, 2.05) is 36.4 Å². The Labute approximate surface area is 230 Å². The molecule has 0 saturated carbocycles. The van der Waals surface area contributed by atoms with Crippen LogP contribution < -0.4 is 10.1 Å². The Balaban J connectivity index is 1.45. The van der Waals surface area contributed by atoms with E-state index in [-0.39, 0.29) is 12.3 Å². The summed E-state index contributed by atoms with van der Waals surface area (Å²) in [5.41, 5.74) is 6.18. The standard InChI is InChI=1S/C32H37NO4S/c1-22(2)20-23-13-15-24(16-14-23)21-37-29-18-17-27(25-8-3-4-9-26(25)29)32(36)33-28-10-5-6-11-30(28)38-19-7-12-31(34)35/h5-6,10-11,13-18,22H,3-4,7-9,12,19-21H2,1-2H3,(H,33,36)(H,34,35). The van der Waals surface area contributed by atoms with Crippen LogP contribution in [0, 0.1) is 5.92 Å². The minimum absolute atomic E-state index is 0.117. The number of rotatable bonds is 12. The second-order valence-corrected chi connectivity index (χ2v) is 11.4. The molecule has 1 amide bonds. The van der Waals surface area contributed by atoms with Gasteiger partial charge in [0.05, 0.1) is 5.69 Å². The van der Waals surface area contributed by atoms with Gasteiger partial charge in [-0.15, -0.1) is 11.8 Å². The number of hydrogen-bond donors (Lipinski definition) is 2. The third-order valence-electron chi connectivity index (χ3n) is 6.73. The highest BCUT2D eigenvalue weighted by atomic mass is 32.2. The summed E-state index contributed by atoms with van der Waals surface area (Å²) in [6, 6.07) is 20.2. The van der Waals surface area contributed by atoms with Gasteiger partial charge in [0.2, 0.25) is 0 Å². The van der Waals surface area contributed by atoms with Gasteiger partial charge < -0.3 is 15.2 Å². The monoisotopic (exact) mass is 531 g/mol. The number of nitrogens with one attached hydrogen (secondary N) is 1. The Hall–Kier alpha value is -3.25. The van der Waals surface area contributed by atoms with E-state index in [0.29, 0.717) is 30.3 Å². The number of carboxylic acids is 1. The van der Waals surface area contributed by atoms with Crippen LogP contribution >= 0.6 is 11.8 Å². The van der Waals surface area contributed by atoms with Gasteiger partial charge in [0, 0.05) is 16.9 Å². The summed E-state index contributed by atoms with van der Waals surface area (Å²) in [7, 11) is 0. The highest BCUT2D eigenvalue weighted by Gasteiger charge is 2.22. The topological polar surface area (TPSA) is 75.6 Å². The predicted octanol–water partition coefficient (Wildman–Crippen LogP) is 7.55. The number of benzene rings is 3. The third kappa shape index (κ3) is 7.64. The zero-order valence-electron chi connectivity index (χ0n) is 22.3. The number of thioether (sulfide) groups is 1. The molecule has 3 aromatic carbocycles. The van der Waals surface area contributed by atoms with Crippen molar-refractivity contribution in [2.75, 3.05) is 11.1 Å². The van der Waals surface area contributed by atoms with Crippen LogP contribution in [0.4, 0.5) is 5.69 Å². The highest BCUT2D eigenvalue weighted by Crippen LogP contribution is 2.34. The van der Waals surface area contributed by atoms with Crippen molar-refractivity contribution in [3.05, 3.63) is 88.5 Å². The number of amides is 1. The van der Waals surface area contributed by atoms with Crippen molar-refractivity contribution in [1.82, 2.24) is 0 Å².